The van der Waals surface area contributed by atoms with Gasteiger partial charge in [-0.25, -0.2) is 9.59 Å². The molecule has 1 aliphatic rings. The summed E-state index contributed by atoms with van der Waals surface area (Å²) in [6, 6.07) is 18.4. The van der Waals surface area contributed by atoms with Gasteiger partial charge in [0, 0.05) is 5.39 Å². The third-order valence-electron chi connectivity index (χ3n) is 6.43. The molecule has 0 unspecified atom stereocenters. The first-order chi connectivity index (χ1) is 18.9. The van der Waals surface area contributed by atoms with Crippen molar-refractivity contribution in [1.82, 2.24) is 9.13 Å². The van der Waals surface area contributed by atoms with E-state index < -0.39 is 29.7 Å². The monoisotopic (exact) mass is 527 g/mol. The summed E-state index contributed by atoms with van der Waals surface area (Å²) in [4.78, 5) is 52.6. The summed E-state index contributed by atoms with van der Waals surface area (Å²) in [5.74, 6) is -0.133. The number of amides is 1. The SMILES string of the molecule is COC(=O)c1ccccc1NC(=O)Cn1c(=O)n(Cc2ccc3c(c2)OCO3)c(=O)c2oc3ccccc3c21. The van der Waals surface area contributed by atoms with Crippen LogP contribution in [0.2, 0.25) is 0 Å². The van der Waals surface area contributed by atoms with Gasteiger partial charge in [0.15, 0.2) is 11.5 Å². The summed E-state index contributed by atoms with van der Waals surface area (Å²) in [5, 5.41) is 3.18. The predicted octanol–water partition coefficient (Wildman–Crippen LogP) is 3.11. The van der Waals surface area contributed by atoms with E-state index in [1.807, 2.05) is 0 Å². The lowest BCUT2D eigenvalue weighted by Crippen LogP contribution is -2.41. The maximum atomic E-state index is 13.8. The number of aromatic nitrogens is 2. The molecule has 0 radical (unpaired) electrons. The van der Waals surface area contributed by atoms with Gasteiger partial charge in [0.25, 0.3) is 5.56 Å². The number of para-hydroxylation sites is 2. The van der Waals surface area contributed by atoms with Gasteiger partial charge in [-0.05, 0) is 42.0 Å². The number of ether oxygens (including phenoxy) is 3. The lowest BCUT2D eigenvalue weighted by Gasteiger charge is -2.13. The van der Waals surface area contributed by atoms with E-state index in [-0.39, 0.29) is 35.7 Å². The number of nitrogens with zero attached hydrogens (tertiary/aromatic N) is 2. The van der Waals surface area contributed by atoms with Gasteiger partial charge in [-0.2, -0.15) is 0 Å². The van der Waals surface area contributed by atoms with Crippen LogP contribution in [0, 0.1) is 0 Å². The molecule has 1 amide bonds. The Morgan fingerprint density at radius 3 is 2.56 bits per heavy atom. The van der Waals surface area contributed by atoms with Crippen LogP contribution in [-0.4, -0.2) is 34.9 Å². The molecule has 0 fully saturated rings. The average molecular weight is 527 g/mol. The fraction of sp³-hybridized carbons (Fsp3) is 0.143. The van der Waals surface area contributed by atoms with Gasteiger partial charge in [-0.15, -0.1) is 0 Å². The van der Waals surface area contributed by atoms with Crippen molar-refractivity contribution < 1.29 is 28.2 Å². The Morgan fingerprint density at radius 2 is 1.72 bits per heavy atom. The standard InChI is InChI=1S/C28H21N3O8/c1-36-27(34)17-6-2-4-8-19(17)29-23(32)14-30-24-18-7-3-5-9-20(18)39-25(24)26(33)31(28(30)35)13-16-10-11-21-22(12-16)38-15-37-21/h2-12H,13-15H2,1H3,(H,29,32). The molecule has 3 aromatic carbocycles. The summed E-state index contributed by atoms with van der Waals surface area (Å²) in [6.45, 7) is -0.450. The van der Waals surface area contributed by atoms with Crippen LogP contribution in [0.15, 0.2) is 80.7 Å². The molecule has 0 saturated heterocycles. The van der Waals surface area contributed by atoms with Crippen LogP contribution in [0.3, 0.4) is 0 Å². The van der Waals surface area contributed by atoms with Crippen LogP contribution in [0.4, 0.5) is 5.69 Å². The number of carbonyl (C=O) groups is 2. The van der Waals surface area contributed by atoms with Gasteiger partial charge in [-0.1, -0.05) is 30.3 Å². The first-order valence-corrected chi connectivity index (χ1v) is 11.9. The summed E-state index contributed by atoms with van der Waals surface area (Å²) >= 11 is 0. The third-order valence-corrected chi connectivity index (χ3v) is 6.43. The Hall–Kier alpha value is -5.32. The topological polar surface area (TPSA) is 131 Å². The van der Waals surface area contributed by atoms with E-state index in [4.69, 9.17) is 18.6 Å². The van der Waals surface area contributed by atoms with Gasteiger partial charge in [0.1, 0.15) is 17.6 Å². The zero-order valence-electron chi connectivity index (χ0n) is 20.6. The maximum absolute atomic E-state index is 13.8. The van der Waals surface area contributed by atoms with Gasteiger partial charge >= 0.3 is 11.7 Å². The number of methoxy groups -OCH3 is 1. The number of furan rings is 1. The zero-order chi connectivity index (χ0) is 27.1. The minimum Gasteiger partial charge on any atom is -0.465 e. The fourth-order valence-corrected chi connectivity index (χ4v) is 4.62. The summed E-state index contributed by atoms with van der Waals surface area (Å²) in [6.07, 6.45) is 0. The van der Waals surface area contributed by atoms with Crippen LogP contribution in [-0.2, 0) is 22.6 Å². The van der Waals surface area contributed by atoms with Crippen molar-refractivity contribution in [3.63, 3.8) is 0 Å². The van der Waals surface area contributed by atoms with Crippen LogP contribution < -0.4 is 26.0 Å². The van der Waals surface area contributed by atoms with Crippen molar-refractivity contribution in [2.75, 3.05) is 19.2 Å². The molecule has 5 aromatic rings. The molecule has 0 atom stereocenters. The smallest absolute Gasteiger partial charge is 0.339 e. The van der Waals surface area contributed by atoms with Gasteiger partial charge < -0.3 is 23.9 Å². The van der Waals surface area contributed by atoms with Crippen LogP contribution in [0.5, 0.6) is 11.5 Å². The minimum absolute atomic E-state index is 0.0562. The summed E-state index contributed by atoms with van der Waals surface area (Å²) in [7, 11) is 1.24. The van der Waals surface area contributed by atoms with Crippen LogP contribution >= 0.6 is 0 Å². The number of hydrogen-bond acceptors (Lipinski definition) is 8. The number of nitrogens with one attached hydrogen (secondary N) is 1. The Kier molecular flexibility index (Phi) is 5.87. The van der Waals surface area contributed by atoms with Crippen molar-refractivity contribution >= 4 is 39.6 Å². The van der Waals surface area contributed by atoms with Crippen molar-refractivity contribution in [3.8, 4) is 11.5 Å². The van der Waals surface area contributed by atoms with Crippen molar-refractivity contribution in [1.29, 1.82) is 0 Å². The van der Waals surface area contributed by atoms with Gasteiger partial charge in [0.2, 0.25) is 18.3 Å². The molecule has 0 aliphatic carbocycles. The molecule has 196 valence electrons. The van der Waals surface area contributed by atoms with E-state index in [0.717, 1.165) is 4.57 Å². The molecular weight excluding hydrogens is 506 g/mol. The number of esters is 1. The van der Waals surface area contributed by atoms with Crippen molar-refractivity contribution in [2.45, 2.75) is 13.1 Å². The lowest BCUT2D eigenvalue weighted by molar-refractivity contribution is -0.116. The molecule has 39 heavy (non-hydrogen) atoms. The van der Waals surface area contributed by atoms with Crippen molar-refractivity contribution in [2.24, 2.45) is 0 Å². The Balaban J connectivity index is 1.45. The van der Waals surface area contributed by atoms with E-state index in [2.05, 4.69) is 5.32 Å². The normalized spacial score (nSPS) is 12.1. The molecule has 0 bridgehead atoms. The van der Waals surface area contributed by atoms with E-state index in [9.17, 15) is 19.2 Å². The molecule has 1 N–H and O–H groups in total. The molecule has 11 nitrogen and oxygen atoms in total. The second-order valence-corrected chi connectivity index (χ2v) is 8.81. The fourth-order valence-electron chi connectivity index (χ4n) is 4.62. The minimum atomic E-state index is -0.701. The van der Waals surface area contributed by atoms with Crippen LogP contribution in [0.25, 0.3) is 22.1 Å². The quantitative estimate of drug-likeness (QED) is 0.333. The Morgan fingerprint density at radius 1 is 0.949 bits per heavy atom. The molecule has 2 aromatic heterocycles. The summed E-state index contributed by atoms with van der Waals surface area (Å²) < 4.78 is 23.6. The Bertz CT molecular complexity index is 1900. The molecule has 0 saturated carbocycles. The predicted molar refractivity (Wildman–Crippen MR) is 140 cm³/mol. The van der Waals surface area contributed by atoms with E-state index in [0.29, 0.717) is 28.0 Å². The number of benzene rings is 3. The first-order valence-electron chi connectivity index (χ1n) is 11.9. The second-order valence-electron chi connectivity index (χ2n) is 8.81. The third kappa shape index (κ3) is 4.19. The maximum Gasteiger partial charge on any atom is 0.339 e. The molecule has 11 heteroatoms. The van der Waals surface area contributed by atoms with Gasteiger partial charge in [0.05, 0.1) is 24.9 Å². The van der Waals surface area contributed by atoms with E-state index in [1.54, 1.807) is 60.7 Å². The highest BCUT2D eigenvalue weighted by atomic mass is 16.7. The number of carbonyl (C=O) groups excluding carboxylic acids is 2. The first kappa shape index (κ1) is 24.0. The molecular formula is C28H21N3O8. The highest BCUT2D eigenvalue weighted by Crippen LogP contribution is 2.32. The number of rotatable bonds is 6. The summed E-state index contributed by atoms with van der Waals surface area (Å²) in [5.41, 5.74) is 0.228. The highest BCUT2D eigenvalue weighted by molar-refractivity contribution is 6.04. The Labute approximate surface area is 219 Å². The number of anilines is 1. The van der Waals surface area contributed by atoms with Crippen LogP contribution in [0.1, 0.15) is 15.9 Å². The molecule has 6 rings (SSSR count). The van der Waals surface area contributed by atoms with E-state index in [1.165, 1.54) is 17.7 Å². The number of fused-ring (bicyclic) bond motifs is 4. The van der Waals surface area contributed by atoms with E-state index >= 15 is 0 Å². The second kappa shape index (κ2) is 9.53. The van der Waals surface area contributed by atoms with Crippen molar-refractivity contribution in [3.05, 3.63) is 98.7 Å². The zero-order valence-corrected chi connectivity index (χ0v) is 20.6. The lowest BCUT2D eigenvalue weighted by atomic mass is 10.2. The highest BCUT2D eigenvalue weighted by Gasteiger charge is 2.23. The number of hydrogen-bond donors (Lipinski definition) is 1. The molecule has 3 heterocycles. The largest absolute Gasteiger partial charge is 0.465 e. The molecule has 0 spiro atoms. The van der Waals surface area contributed by atoms with Gasteiger partial charge in [-0.3, -0.25) is 18.7 Å². The average Bonchev–Trinajstić information content (AvgIpc) is 3.58. The molecule has 1 aliphatic heterocycles.